The summed E-state index contributed by atoms with van der Waals surface area (Å²) in [5.74, 6) is -0.398. The van der Waals surface area contributed by atoms with Crippen LogP contribution in [0.5, 0.6) is 0 Å². The van der Waals surface area contributed by atoms with E-state index in [9.17, 15) is 9.18 Å². The Bertz CT molecular complexity index is 372. The SMILES string of the molecule is Cc1cccc(C(=O)OCC(C)(C)CF)c1. The average Bonchev–Trinajstić information content (AvgIpc) is 2.26. The predicted molar refractivity (Wildman–Crippen MR) is 61.2 cm³/mol. The van der Waals surface area contributed by atoms with Gasteiger partial charge in [-0.3, -0.25) is 4.39 Å². The van der Waals surface area contributed by atoms with Gasteiger partial charge in [-0.05, 0) is 19.1 Å². The third-order valence-corrected chi connectivity index (χ3v) is 2.21. The van der Waals surface area contributed by atoms with E-state index in [0.717, 1.165) is 5.56 Å². The van der Waals surface area contributed by atoms with Crippen molar-refractivity contribution in [2.75, 3.05) is 13.3 Å². The number of carbonyl (C=O) groups excluding carboxylic acids is 1. The van der Waals surface area contributed by atoms with E-state index in [-0.39, 0.29) is 6.61 Å². The zero-order chi connectivity index (χ0) is 12.2. The zero-order valence-electron chi connectivity index (χ0n) is 9.92. The lowest BCUT2D eigenvalue weighted by atomic mass is 9.97. The Hall–Kier alpha value is -1.38. The third-order valence-electron chi connectivity index (χ3n) is 2.21. The van der Waals surface area contributed by atoms with Crippen LogP contribution in [0.25, 0.3) is 0 Å². The highest BCUT2D eigenvalue weighted by Crippen LogP contribution is 2.17. The summed E-state index contributed by atoms with van der Waals surface area (Å²) in [7, 11) is 0. The standard InChI is InChI=1S/C13H17FO2/c1-10-5-4-6-11(7-10)12(15)16-9-13(2,3)8-14/h4-7H,8-9H2,1-3H3. The fraction of sp³-hybridized carbons (Fsp3) is 0.462. The van der Waals surface area contributed by atoms with Gasteiger partial charge in [-0.1, -0.05) is 31.5 Å². The molecule has 0 amide bonds. The number of hydrogen-bond donors (Lipinski definition) is 0. The molecule has 0 bridgehead atoms. The number of benzene rings is 1. The molecule has 0 N–H and O–H groups in total. The molecule has 0 spiro atoms. The van der Waals surface area contributed by atoms with E-state index < -0.39 is 18.1 Å². The number of hydrogen-bond acceptors (Lipinski definition) is 2. The van der Waals surface area contributed by atoms with Crippen LogP contribution in [0, 0.1) is 12.3 Å². The number of alkyl halides is 1. The van der Waals surface area contributed by atoms with E-state index >= 15 is 0 Å². The molecule has 88 valence electrons. The Kier molecular flexibility index (Phi) is 4.05. The number of ether oxygens (including phenoxy) is 1. The molecule has 16 heavy (non-hydrogen) atoms. The maximum absolute atomic E-state index is 12.5. The van der Waals surface area contributed by atoms with Crippen LogP contribution in [0.15, 0.2) is 24.3 Å². The lowest BCUT2D eigenvalue weighted by molar-refractivity contribution is 0.0299. The van der Waals surface area contributed by atoms with Gasteiger partial charge in [0.05, 0.1) is 18.8 Å². The monoisotopic (exact) mass is 224 g/mol. The molecule has 0 radical (unpaired) electrons. The van der Waals surface area contributed by atoms with Crippen LogP contribution < -0.4 is 0 Å². The molecule has 1 aromatic carbocycles. The molecule has 1 aromatic rings. The fourth-order valence-electron chi connectivity index (χ4n) is 1.15. The van der Waals surface area contributed by atoms with Crippen molar-refractivity contribution in [3.8, 4) is 0 Å². The summed E-state index contributed by atoms with van der Waals surface area (Å²) >= 11 is 0. The fourth-order valence-corrected chi connectivity index (χ4v) is 1.15. The van der Waals surface area contributed by atoms with Crippen molar-refractivity contribution < 1.29 is 13.9 Å². The van der Waals surface area contributed by atoms with Crippen LogP contribution in [-0.4, -0.2) is 19.3 Å². The van der Waals surface area contributed by atoms with Crippen molar-refractivity contribution in [1.82, 2.24) is 0 Å². The molecule has 0 saturated heterocycles. The Morgan fingerprint density at radius 2 is 2.12 bits per heavy atom. The van der Waals surface area contributed by atoms with Gasteiger partial charge in [0.25, 0.3) is 0 Å². The summed E-state index contributed by atoms with van der Waals surface area (Å²) in [6.45, 7) is 4.93. The van der Waals surface area contributed by atoms with Crippen molar-refractivity contribution in [3.05, 3.63) is 35.4 Å². The molecule has 0 aromatic heterocycles. The van der Waals surface area contributed by atoms with Crippen molar-refractivity contribution in [2.45, 2.75) is 20.8 Å². The van der Waals surface area contributed by atoms with Crippen molar-refractivity contribution >= 4 is 5.97 Å². The lowest BCUT2D eigenvalue weighted by Gasteiger charge is -2.19. The first-order valence-electron chi connectivity index (χ1n) is 5.24. The summed E-state index contributed by atoms with van der Waals surface area (Å²) in [5.41, 5.74) is 0.897. The number of carbonyl (C=O) groups is 1. The molecular weight excluding hydrogens is 207 g/mol. The topological polar surface area (TPSA) is 26.3 Å². The maximum Gasteiger partial charge on any atom is 0.338 e. The van der Waals surface area contributed by atoms with Crippen molar-refractivity contribution in [2.24, 2.45) is 5.41 Å². The summed E-state index contributed by atoms with van der Waals surface area (Å²) in [5, 5.41) is 0. The second-order valence-electron chi connectivity index (χ2n) is 4.74. The van der Waals surface area contributed by atoms with Gasteiger partial charge in [0.1, 0.15) is 0 Å². The van der Waals surface area contributed by atoms with Crippen LogP contribution in [0.2, 0.25) is 0 Å². The normalized spacial score (nSPS) is 11.2. The molecule has 0 heterocycles. The van der Waals surface area contributed by atoms with Crippen LogP contribution >= 0.6 is 0 Å². The molecule has 0 fully saturated rings. The van der Waals surface area contributed by atoms with E-state index in [1.807, 2.05) is 13.0 Å². The Balaban J connectivity index is 2.60. The average molecular weight is 224 g/mol. The van der Waals surface area contributed by atoms with Gasteiger partial charge in [-0.25, -0.2) is 4.79 Å². The highest BCUT2D eigenvalue weighted by atomic mass is 19.1. The second kappa shape index (κ2) is 5.10. The Morgan fingerprint density at radius 3 is 2.69 bits per heavy atom. The van der Waals surface area contributed by atoms with Crippen LogP contribution in [0.1, 0.15) is 29.8 Å². The van der Waals surface area contributed by atoms with E-state index in [2.05, 4.69) is 0 Å². The number of rotatable bonds is 4. The Labute approximate surface area is 95.4 Å². The molecule has 0 unspecified atom stereocenters. The number of aryl methyl sites for hydroxylation is 1. The minimum Gasteiger partial charge on any atom is -0.461 e. The second-order valence-corrected chi connectivity index (χ2v) is 4.74. The first-order valence-corrected chi connectivity index (χ1v) is 5.24. The molecular formula is C13H17FO2. The highest BCUT2D eigenvalue weighted by molar-refractivity contribution is 5.89. The van der Waals surface area contributed by atoms with Gasteiger partial charge < -0.3 is 4.74 Å². The summed E-state index contributed by atoms with van der Waals surface area (Å²) in [4.78, 5) is 11.6. The highest BCUT2D eigenvalue weighted by Gasteiger charge is 2.20. The predicted octanol–water partition coefficient (Wildman–Crippen LogP) is 3.15. The van der Waals surface area contributed by atoms with E-state index in [1.54, 1.807) is 32.0 Å². The molecule has 0 atom stereocenters. The van der Waals surface area contributed by atoms with Gasteiger partial charge in [-0.15, -0.1) is 0 Å². The third kappa shape index (κ3) is 3.65. The van der Waals surface area contributed by atoms with Crippen molar-refractivity contribution in [1.29, 1.82) is 0 Å². The molecule has 1 rings (SSSR count). The Morgan fingerprint density at radius 1 is 1.44 bits per heavy atom. The van der Waals surface area contributed by atoms with Crippen LogP contribution in [0.4, 0.5) is 4.39 Å². The van der Waals surface area contributed by atoms with Gasteiger partial charge in [0, 0.05) is 5.41 Å². The minimum atomic E-state index is -0.612. The molecule has 0 saturated carbocycles. The first kappa shape index (κ1) is 12.7. The quantitative estimate of drug-likeness (QED) is 0.734. The lowest BCUT2D eigenvalue weighted by Crippen LogP contribution is -2.23. The van der Waals surface area contributed by atoms with Crippen LogP contribution in [0.3, 0.4) is 0 Å². The molecule has 0 aliphatic rings. The molecule has 0 aliphatic heterocycles. The summed E-state index contributed by atoms with van der Waals surface area (Å²) in [6.07, 6.45) is 0. The zero-order valence-corrected chi connectivity index (χ0v) is 9.92. The van der Waals surface area contributed by atoms with Crippen LogP contribution in [-0.2, 0) is 4.74 Å². The van der Waals surface area contributed by atoms with E-state index in [4.69, 9.17) is 4.74 Å². The molecule has 3 heteroatoms. The number of halogens is 1. The first-order chi connectivity index (χ1) is 7.44. The smallest absolute Gasteiger partial charge is 0.338 e. The van der Waals surface area contributed by atoms with E-state index in [1.165, 1.54) is 0 Å². The largest absolute Gasteiger partial charge is 0.461 e. The van der Waals surface area contributed by atoms with Gasteiger partial charge in [0.2, 0.25) is 0 Å². The molecule has 2 nitrogen and oxygen atoms in total. The summed E-state index contributed by atoms with van der Waals surface area (Å²) < 4.78 is 17.6. The van der Waals surface area contributed by atoms with Gasteiger partial charge in [0.15, 0.2) is 0 Å². The number of esters is 1. The summed E-state index contributed by atoms with van der Waals surface area (Å²) in [6, 6.07) is 7.15. The molecule has 0 aliphatic carbocycles. The maximum atomic E-state index is 12.5. The van der Waals surface area contributed by atoms with Gasteiger partial charge in [-0.2, -0.15) is 0 Å². The van der Waals surface area contributed by atoms with Gasteiger partial charge >= 0.3 is 5.97 Å². The van der Waals surface area contributed by atoms with E-state index in [0.29, 0.717) is 5.56 Å². The minimum absolute atomic E-state index is 0.0935. The van der Waals surface area contributed by atoms with Crippen molar-refractivity contribution in [3.63, 3.8) is 0 Å².